The molecule has 5 rings (SSSR count). The summed E-state index contributed by atoms with van der Waals surface area (Å²) in [4.78, 5) is 27.2. The highest BCUT2D eigenvalue weighted by molar-refractivity contribution is 7.91. The van der Waals surface area contributed by atoms with Gasteiger partial charge in [0.05, 0.1) is 16.2 Å². The number of fused-ring (bicyclic) bond motifs is 1. The van der Waals surface area contributed by atoms with Gasteiger partial charge in [-0.25, -0.2) is 18.4 Å². The third kappa shape index (κ3) is 5.79. The number of aryl methyl sites for hydroxylation is 1. The van der Waals surface area contributed by atoms with Crippen molar-refractivity contribution < 1.29 is 13.2 Å². The summed E-state index contributed by atoms with van der Waals surface area (Å²) in [5.41, 5.74) is 1.93. The molecule has 0 radical (unpaired) electrons. The van der Waals surface area contributed by atoms with Crippen molar-refractivity contribution in [1.82, 2.24) is 19.8 Å². The van der Waals surface area contributed by atoms with Crippen molar-refractivity contribution in [1.29, 1.82) is 0 Å². The first-order chi connectivity index (χ1) is 18.6. The topological polar surface area (TPSA) is 95.5 Å². The molecule has 1 aliphatic heterocycles. The van der Waals surface area contributed by atoms with Crippen molar-refractivity contribution >= 4 is 32.5 Å². The molecule has 1 saturated heterocycles. The predicted molar refractivity (Wildman–Crippen MR) is 154 cm³/mol. The molecule has 1 amide bonds. The molecule has 0 spiro atoms. The van der Waals surface area contributed by atoms with Gasteiger partial charge in [0.2, 0.25) is 5.91 Å². The minimum atomic E-state index is -3.49. The van der Waals surface area contributed by atoms with Crippen LogP contribution in [0.15, 0.2) is 59.8 Å². The zero-order valence-electron chi connectivity index (χ0n) is 23.2. The van der Waals surface area contributed by atoms with E-state index in [4.69, 9.17) is 0 Å². The fourth-order valence-electron chi connectivity index (χ4n) is 6.23. The van der Waals surface area contributed by atoms with Gasteiger partial charge in [0.25, 0.3) is 0 Å². The van der Waals surface area contributed by atoms with E-state index in [1.807, 2.05) is 36.1 Å². The van der Waals surface area contributed by atoms with E-state index in [9.17, 15) is 13.2 Å². The Bertz CT molecular complexity index is 1430. The first-order valence-electron chi connectivity index (χ1n) is 13.9. The van der Waals surface area contributed by atoms with Crippen LogP contribution in [0.2, 0.25) is 0 Å². The number of anilines is 1. The average molecular weight is 550 g/mol. The number of benzene rings is 2. The Morgan fingerprint density at radius 2 is 1.85 bits per heavy atom. The molecule has 1 aromatic heterocycles. The lowest BCUT2D eigenvalue weighted by atomic mass is 9.81. The number of sulfone groups is 1. The van der Waals surface area contributed by atoms with Crippen molar-refractivity contribution in [3.63, 3.8) is 0 Å². The predicted octanol–water partition coefficient (Wildman–Crippen LogP) is 4.30. The SMILES string of the molecule is Cc1ccc2ncnc(N[C@H]3CCN([C@H]4CC[C@@H](N(C)C(C)C)C[C@@H]4CS(=O)(=O)c4ccccc4)C3=O)c2c1. The minimum Gasteiger partial charge on any atom is -0.358 e. The number of hydrogen-bond acceptors (Lipinski definition) is 7. The molecule has 39 heavy (non-hydrogen) atoms. The molecule has 4 atom stereocenters. The first kappa shape index (κ1) is 27.5. The Kier molecular flexibility index (Phi) is 7.91. The van der Waals surface area contributed by atoms with Crippen molar-refractivity contribution in [2.24, 2.45) is 5.92 Å². The Labute approximate surface area is 231 Å². The molecule has 2 aliphatic rings. The third-order valence-electron chi connectivity index (χ3n) is 8.58. The second-order valence-corrected chi connectivity index (χ2v) is 13.4. The molecule has 2 fully saturated rings. The molecule has 1 saturated carbocycles. The van der Waals surface area contributed by atoms with Crippen LogP contribution < -0.4 is 5.32 Å². The van der Waals surface area contributed by atoms with E-state index in [2.05, 4.69) is 41.1 Å². The van der Waals surface area contributed by atoms with E-state index in [1.54, 1.807) is 24.3 Å². The number of amides is 1. The highest BCUT2D eigenvalue weighted by atomic mass is 32.2. The number of aromatic nitrogens is 2. The lowest BCUT2D eigenvalue weighted by Gasteiger charge is -2.44. The van der Waals surface area contributed by atoms with E-state index in [0.29, 0.717) is 35.8 Å². The molecule has 0 bridgehead atoms. The Balaban J connectivity index is 1.37. The maximum Gasteiger partial charge on any atom is 0.245 e. The van der Waals surface area contributed by atoms with Gasteiger partial charge in [-0.15, -0.1) is 0 Å². The number of rotatable bonds is 8. The lowest BCUT2D eigenvalue weighted by molar-refractivity contribution is -0.132. The van der Waals surface area contributed by atoms with Crippen molar-refractivity contribution in [2.75, 3.05) is 24.7 Å². The number of likely N-dealkylation sites (tertiary alicyclic amines) is 1. The van der Waals surface area contributed by atoms with E-state index in [0.717, 1.165) is 35.7 Å². The van der Waals surface area contributed by atoms with E-state index >= 15 is 0 Å². The Hall–Kier alpha value is -3.04. The lowest BCUT2D eigenvalue weighted by Crippen LogP contribution is -2.52. The molecule has 1 aliphatic carbocycles. The molecule has 2 aromatic carbocycles. The van der Waals surface area contributed by atoms with Gasteiger partial charge < -0.3 is 15.1 Å². The average Bonchev–Trinajstić information content (AvgIpc) is 3.28. The number of carbonyl (C=O) groups is 1. The third-order valence-corrected chi connectivity index (χ3v) is 10.4. The summed E-state index contributed by atoms with van der Waals surface area (Å²) < 4.78 is 26.9. The van der Waals surface area contributed by atoms with Gasteiger partial charge in [0, 0.05) is 30.1 Å². The summed E-state index contributed by atoms with van der Waals surface area (Å²) in [7, 11) is -1.37. The molecule has 0 unspecified atom stereocenters. The molecule has 8 nitrogen and oxygen atoms in total. The van der Waals surface area contributed by atoms with Gasteiger partial charge in [-0.1, -0.05) is 29.8 Å². The molecule has 9 heteroatoms. The zero-order chi connectivity index (χ0) is 27.7. The van der Waals surface area contributed by atoms with Crippen LogP contribution >= 0.6 is 0 Å². The largest absolute Gasteiger partial charge is 0.358 e. The summed E-state index contributed by atoms with van der Waals surface area (Å²) >= 11 is 0. The fraction of sp³-hybridized carbons (Fsp3) is 0.500. The first-order valence-corrected chi connectivity index (χ1v) is 15.6. The van der Waals surface area contributed by atoms with Gasteiger partial charge in [-0.05, 0) is 83.7 Å². The van der Waals surface area contributed by atoms with Gasteiger partial charge in [0.1, 0.15) is 18.2 Å². The Morgan fingerprint density at radius 3 is 2.59 bits per heavy atom. The zero-order valence-corrected chi connectivity index (χ0v) is 24.1. The summed E-state index contributed by atoms with van der Waals surface area (Å²) in [5.74, 6) is 0.592. The highest BCUT2D eigenvalue weighted by Crippen LogP contribution is 2.36. The maximum absolute atomic E-state index is 13.8. The second-order valence-electron chi connectivity index (χ2n) is 11.4. The Morgan fingerprint density at radius 1 is 1.08 bits per heavy atom. The van der Waals surface area contributed by atoms with E-state index in [1.165, 1.54) is 6.33 Å². The van der Waals surface area contributed by atoms with Gasteiger partial charge in [0.15, 0.2) is 9.84 Å². The van der Waals surface area contributed by atoms with Crippen LogP contribution in [-0.2, 0) is 14.6 Å². The van der Waals surface area contributed by atoms with Gasteiger partial charge in [-0.2, -0.15) is 0 Å². The minimum absolute atomic E-state index is 0.0252. The standard InChI is InChI=1S/C30H39N5O3S/c1-20(2)34(4)23-11-13-28(22(17-23)18-39(37,38)24-8-6-5-7-9-24)35-15-14-27(30(35)36)33-29-25-16-21(3)10-12-26(25)31-19-32-29/h5-10,12,16,19-20,22-23,27-28H,11,13-15,17-18H2,1-4H3,(H,31,32,33)/t22-,23-,27+,28+/m1/s1. The monoisotopic (exact) mass is 549 g/mol. The summed E-state index contributed by atoms with van der Waals surface area (Å²) in [5, 5.41) is 4.29. The van der Waals surface area contributed by atoms with Crippen LogP contribution in [-0.4, -0.2) is 77.6 Å². The fourth-order valence-corrected chi connectivity index (χ4v) is 7.91. The number of carbonyl (C=O) groups excluding carboxylic acids is 1. The van der Waals surface area contributed by atoms with Crippen LogP contribution in [0, 0.1) is 12.8 Å². The normalized spacial score (nSPS) is 24.2. The van der Waals surface area contributed by atoms with Crippen LogP contribution in [0.25, 0.3) is 10.9 Å². The summed E-state index contributed by atoms with van der Waals surface area (Å²) in [6.07, 6.45) is 4.67. The highest BCUT2D eigenvalue weighted by Gasteiger charge is 2.44. The molecule has 208 valence electrons. The van der Waals surface area contributed by atoms with Crippen molar-refractivity contribution in [2.45, 2.75) is 75.5 Å². The summed E-state index contributed by atoms with van der Waals surface area (Å²) in [6, 6.07) is 14.8. The van der Waals surface area contributed by atoms with Crippen LogP contribution in [0.4, 0.5) is 5.82 Å². The van der Waals surface area contributed by atoms with Gasteiger partial charge >= 0.3 is 0 Å². The van der Waals surface area contributed by atoms with Crippen molar-refractivity contribution in [3.05, 3.63) is 60.4 Å². The number of nitrogens with zero attached hydrogens (tertiary/aromatic N) is 4. The van der Waals surface area contributed by atoms with E-state index in [-0.39, 0.29) is 23.6 Å². The molecular weight excluding hydrogens is 510 g/mol. The smallest absolute Gasteiger partial charge is 0.245 e. The summed E-state index contributed by atoms with van der Waals surface area (Å²) in [6.45, 7) is 6.96. The van der Waals surface area contributed by atoms with Gasteiger partial charge in [-0.3, -0.25) is 4.79 Å². The molecular formula is C30H39N5O3S. The quantitative estimate of drug-likeness (QED) is 0.448. The molecule has 1 N–H and O–H groups in total. The second kappa shape index (κ2) is 11.2. The van der Waals surface area contributed by atoms with Crippen LogP contribution in [0.1, 0.15) is 45.1 Å². The van der Waals surface area contributed by atoms with Crippen LogP contribution in [0.3, 0.4) is 0 Å². The number of hydrogen-bond donors (Lipinski definition) is 1. The number of nitrogens with one attached hydrogen (secondary N) is 1. The molecule has 3 aromatic rings. The van der Waals surface area contributed by atoms with Crippen molar-refractivity contribution in [3.8, 4) is 0 Å². The maximum atomic E-state index is 13.8. The van der Waals surface area contributed by atoms with Crippen LogP contribution in [0.5, 0.6) is 0 Å². The van der Waals surface area contributed by atoms with E-state index < -0.39 is 15.9 Å². The molecule has 2 heterocycles.